The fraction of sp³-hybridized carbons (Fsp3) is 0.200. The van der Waals surface area contributed by atoms with Crippen molar-refractivity contribution in [3.8, 4) is 5.75 Å². The second kappa shape index (κ2) is 6.06. The number of hydrogen-bond acceptors (Lipinski definition) is 2. The monoisotopic (exact) mass is 323 g/mol. The Kier molecular flexibility index (Phi) is 4.43. The van der Waals surface area contributed by atoms with E-state index in [1.165, 1.54) is 17.7 Å². The minimum atomic E-state index is -0.384. The van der Waals surface area contributed by atoms with E-state index in [4.69, 9.17) is 10.5 Å². The van der Waals surface area contributed by atoms with Crippen molar-refractivity contribution in [3.63, 3.8) is 0 Å². The van der Waals surface area contributed by atoms with Crippen molar-refractivity contribution in [2.75, 3.05) is 5.73 Å². The summed E-state index contributed by atoms with van der Waals surface area (Å²) < 4.78 is 19.3. The molecule has 2 nitrogen and oxygen atoms in total. The minimum absolute atomic E-state index is 0.338. The maximum atomic E-state index is 13.4. The zero-order chi connectivity index (χ0) is 13.8. The molecule has 0 unspecified atom stereocenters. The fourth-order valence-electron chi connectivity index (χ4n) is 1.70. The van der Waals surface area contributed by atoms with Crippen molar-refractivity contribution in [1.29, 1.82) is 0 Å². The summed E-state index contributed by atoms with van der Waals surface area (Å²) in [5, 5.41) is 0. The van der Waals surface area contributed by atoms with Gasteiger partial charge < -0.3 is 10.5 Å². The molecule has 2 rings (SSSR count). The standard InChI is InChI=1S/C15H15BrFNO/c1-2-10-3-5-11(6-4-10)9-19-15-8-13(17)12(16)7-14(15)18/h3-8H,2,9,18H2,1H3. The highest BCUT2D eigenvalue weighted by Crippen LogP contribution is 2.28. The number of ether oxygens (including phenoxy) is 1. The summed E-state index contributed by atoms with van der Waals surface area (Å²) >= 11 is 3.08. The predicted molar refractivity (Wildman–Crippen MR) is 78.7 cm³/mol. The van der Waals surface area contributed by atoms with Crippen LogP contribution < -0.4 is 10.5 Å². The Bertz CT molecular complexity index is 569. The van der Waals surface area contributed by atoms with Crippen LogP contribution >= 0.6 is 15.9 Å². The maximum absolute atomic E-state index is 13.4. The second-order valence-corrected chi connectivity index (χ2v) is 5.12. The van der Waals surface area contributed by atoms with Crippen LogP contribution in [0.2, 0.25) is 0 Å². The Morgan fingerprint density at radius 3 is 2.42 bits per heavy atom. The number of nitrogens with two attached hydrogens (primary N) is 1. The molecule has 0 amide bonds. The topological polar surface area (TPSA) is 35.2 Å². The number of anilines is 1. The third kappa shape index (κ3) is 3.47. The van der Waals surface area contributed by atoms with Crippen LogP contribution in [0.3, 0.4) is 0 Å². The summed E-state index contributed by atoms with van der Waals surface area (Å²) in [5.74, 6) is -0.0224. The van der Waals surface area contributed by atoms with E-state index in [-0.39, 0.29) is 5.82 Å². The molecule has 0 saturated carbocycles. The lowest BCUT2D eigenvalue weighted by molar-refractivity contribution is 0.306. The average Bonchev–Trinajstić information content (AvgIpc) is 2.42. The summed E-state index contributed by atoms with van der Waals surface area (Å²) in [6, 6.07) is 10.9. The van der Waals surface area contributed by atoms with Gasteiger partial charge in [-0.1, -0.05) is 31.2 Å². The van der Waals surface area contributed by atoms with Crippen LogP contribution in [-0.4, -0.2) is 0 Å². The molecule has 0 saturated heterocycles. The highest BCUT2D eigenvalue weighted by Gasteiger charge is 2.07. The lowest BCUT2D eigenvalue weighted by Gasteiger charge is -2.10. The normalized spacial score (nSPS) is 10.5. The van der Waals surface area contributed by atoms with E-state index in [2.05, 4.69) is 35.0 Å². The van der Waals surface area contributed by atoms with E-state index in [1.807, 2.05) is 12.1 Å². The van der Waals surface area contributed by atoms with Crippen LogP contribution in [0, 0.1) is 5.82 Å². The van der Waals surface area contributed by atoms with Crippen LogP contribution in [0.15, 0.2) is 40.9 Å². The quantitative estimate of drug-likeness (QED) is 0.851. The second-order valence-electron chi connectivity index (χ2n) is 4.26. The number of nitrogen functional groups attached to an aromatic ring is 1. The molecule has 0 spiro atoms. The van der Waals surface area contributed by atoms with E-state index in [9.17, 15) is 4.39 Å². The molecule has 19 heavy (non-hydrogen) atoms. The largest absolute Gasteiger partial charge is 0.487 e. The van der Waals surface area contributed by atoms with Gasteiger partial charge in [0.25, 0.3) is 0 Å². The summed E-state index contributed by atoms with van der Waals surface area (Å²) in [4.78, 5) is 0. The molecule has 4 heteroatoms. The van der Waals surface area contributed by atoms with Crippen LogP contribution in [0.25, 0.3) is 0 Å². The van der Waals surface area contributed by atoms with Gasteiger partial charge in [0.2, 0.25) is 0 Å². The van der Waals surface area contributed by atoms with Gasteiger partial charge in [-0.2, -0.15) is 0 Å². The van der Waals surface area contributed by atoms with Gasteiger partial charge >= 0.3 is 0 Å². The highest BCUT2D eigenvalue weighted by atomic mass is 79.9. The van der Waals surface area contributed by atoms with Crippen LogP contribution in [0.4, 0.5) is 10.1 Å². The Morgan fingerprint density at radius 2 is 1.79 bits per heavy atom. The van der Waals surface area contributed by atoms with Crippen molar-refractivity contribution in [2.45, 2.75) is 20.0 Å². The number of halogens is 2. The van der Waals surface area contributed by atoms with Crippen LogP contribution in [-0.2, 0) is 13.0 Å². The van der Waals surface area contributed by atoms with Crippen LogP contribution in [0.5, 0.6) is 5.75 Å². The van der Waals surface area contributed by atoms with E-state index in [1.54, 1.807) is 0 Å². The molecule has 0 radical (unpaired) electrons. The number of aryl methyl sites for hydroxylation is 1. The summed E-state index contributed by atoms with van der Waals surface area (Å²) in [6.45, 7) is 2.48. The first-order valence-electron chi connectivity index (χ1n) is 6.05. The van der Waals surface area contributed by atoms with Crippen LogP contribution in [0.1, 0.15) is 18.1 Å². The molecule has 0 atom stereocenters. The average molecular weight is 324 g/mol. The van der Waals surface area contributed by atoms with Gasteiger partial charge in [-0.3, -0.25) is 0 Å². The van der Waals surface area contributed by atoms with E-state index in [0.717, 1.165) is 12.0 Å². The van der Waals surface area contributed by atoms with E-state index < -0.39 is 0 Å². The lowest BCUT2D eigenvalue weighted by atomic mass is 10.1. The fourth-order valence-corrected chi connectivity index (χ4v) is 2.06. The van der Waals surface area contributed by atoms with Gasteiger partial charge in [-0.15, -0.1) is 0 Å². The van der Waals surface area contributed by atoms with Crippen molar-refractivity contribution in [1.82, 2.24) is 0 Å². The highest BCUT2D eigenvalue weighted by molar-refractivity contribution is 9.10. The summed E-state index contributed by atoms with van der Waals surface area (Å²) in [5.41, 5.74) is 8.50. The number of rotatable bonds is 4. The van der Waals surface area contributed by atoms with Crippen molar-refractivity contribution in [3.05, 3.63) is 57.8 Å². The van der Waals surface area contributed by atoms with Gasteiger partial charge in [0.15, 0.2) is 0 Å². The molecule has 0 aliphatic carbocycles. The number of benzene rings is 2. The van der Waals surface area contributed by atoms with E-state index in [0.29, 0.717) is 22.5 Å². The first-order chi connectivity index (χ1) is 9.10. The van der Waals surface area contributed by atoms with Gasteiger partial charge in [-0.25, -0.2) is 4.39 Å². The molecule has 0 bridgehead atoms. The Labute approximate surface area is 120 Å². The molecule has 0 aromatic heterocycles. The Morgan fingerprint density at radius 1 is 1.16 bits per heavy atom. The molecule has 0 aliphatic rings. The molecular weight excluding hydrogens is 309 g/mol. The molecule has 2 aromatic carbocycles. The molecular formula is C15H15BrFNO. The van der Waals surface area contributed by atoms with Gasteiger partial charge in [0.1, 0.15) is 18.2 Å². The molecule has 0 heterocycles. The van der Waals surface area contributed by atoms with Crippen molar-refractivity contribution in [2.24, 2.45) is 0 Å². The molecule has 0 aliphatic heterocycles. The molecule has 0 fully saturated rings. The minimum Gasteiger partial charge on any atom is -0.487 e. The summed E-state index contributed by atoms with van der Waals surface area (Å²) in [6.07, 6.45) is 1.01. The SMILES string of the molecule is CCc1ccc(COc2cc(F)c(Br)cc2N)cc1. The first kappa shape index (κ1) is 13.9. The zero-order valence-corrected chi connectivity index (χ0v) is 12.2. The molecule has 2 N–H and O–H groups in total. The van der Waals surface area contributed by atoms with E-state index >= 15 is 0 Å². The van der Waals surface area contributed by atoms with Gasteiger partial charge in [0.05, 0.1) is 10.2 Å². The Hall–Kier alpha value is -1.55. The van der Waals surface area contributed by atoms with Crippen molar-refractivity contribution < 1.29 is 9.13 Å². The maximum Gasteiger partial charge on any atom is 0.145 e. The third-order valence-corrected chi connectivity index (χ3v) is 3.49. The first-order valence-corrected chi connectivity index (χ1v) is 6.84. The number of hydrogen-bond donors (Lipinski definition) is 1. The lowest BCUT2D eigenvalue weighted by Crippen LogP contribution is -2.00. The third-order valence-electron chi connectivity index (χ3n) is 2.88. The Balaban J connectivity index is 2.07. The van der Waals surface area contributed by atoms with Crippen molar-refractivity contribution >= 4 is 21.6 Å². The smallest absolute Gasteiger partial charge is 0.145 e. The zero-order valence-electron chi connectivity index (χ0n) is 10.6. The van der Waals surface area contributed by atoms with Gasteiger partial charge in [0, 0.05) is 6.07 Å². The predicted octanol–water partition coefficient (Wildman–Crippen LogP) is 4.31. The molecule has 2 aromatic rings. The molecule has 100 valence electrons. The summed E-state index contributed by atoms with van der Waals surface area (Å²) in [7, 11) is 0. The van der Waals surface area contributed by atoms with Gasteiger partial charge in [-0.05, 0) is 39.5 Å².